The second kappa shape index (κ2) is 5.15. The van der Waals surface area contributed by atoms with E-state index in [2.05, 4.69) is 38.2 Å². The highest BCUT2D eigenvalue weighted by Crippen LogP contribution is 2.20. The standard InChI is InChI=1S/C11H18O/c1-3-11(12-4-2)10-8-6-5-7-9-10/h5-8,10-11H,3-4,9H2,1-2H3. The molecule has 0 saturated carbocycles. The molecule has 2 atom stereocenters. The van der Waals surface area contributed by atoms with Gasteiger partial charge in [-0.25, -0.2) is 0 Å². The van der Waals surface area contributed by atoms with Crippen LogP contribution in [-0.2, 0) is 4.74 Å². The molecular weight excluding hydrogens is 148 g/mol. The van der Waals surface area contributed by atoms with Crippen LogP contribution in [0.3, 0.4) is 0 Å². The van der Waals surface area contributed by atoms with Gasteiger partial charge in [-0.3, -0.25) is 0 Å². The van der Waals surface area contributed by atoms with Crippen LogP contribution in [0.15, 0.2) is 24.3 Å². The molecule has 0 spiro atoms. The highest BCUT2D eigenvalue weighted by atomic mass is 16.5. The van der Waals surface area contributed by atoms with Crippen molar-refractivity contribution in [1.29, 1.82) is 0 Å². The minimum Gasteiger partial charge on any atom is -0.378 e. The highest BCUT2D eigenvalue weighted by molar-refractivity contribution is 5.12. The maximum absolute atomic E-state index is 5.65. The van der Waals surface area contributed by atoms with Crippen molar-refractivity contribution in [1.82, 2.24) is 0 Å². The van der Waals surface area contributed by atoms with E-state index in [1.54, 1.807) is 0 Å². The van der Waals surface area contributed by atoms with Crippen LogP contribution in [0.5, 0.6) is 0 Å². The Balaban J connectivity index is 2.42. The highest BCUT2D eigenvalue weighted by Gasteiger charge is 2.16. The molecule has 1 heteroatoms. The molecule has 0 radical (unpaired) electrons. The van der Waals surface area contributed by atoms with E-state index in [4.69, 9.17) is 4.74 Å². The van der Waals surface area contributed by atoms with Crippen molar-refractivity contribution in [2.75, 3.05) is 6.61 Å². The Bertz CT molecular complexity index is 170. The van der Waals surface area contributed by atoms with Crippen LogP contribution in [0.2, 0.25) is 0 Å². The summed E-state index contributed by atoms with van der Waals surface area (Å²) in [5.74, 6) is 0.597. The Hall–Kier alpha value is -0.560. The van der Waals surface area contributed by atoms with Gasteiger partial charge in [-0.1, -0.05) is 31.2 Å². The summed E-state index contributed by atoms with van der Waals surface area (Å²) < 4.78 is 5.65. The molecule has 0 amide bonds. The van der Waals surface area contributed by atoms with E-state index in [-0.39, 0.29) is 0 Å². The van der Waals surface area contributed by atoms with Gasteiger partial charge in [0, 0.05) is 12.5 Å². The molecule has 0 aromatic rings. The van der Waals surface area contributed by atoms with Crippen LogP contribution in [-0.4, -0.2) is 12.7 Å². The summed E-state index contributed by atoms with van der Waals surface area (Å²) in [6.07, 6.45) is 11.4. The van der Waals surface area contributed by atoms with Crippen molar-refractivity contribution in [2.24, 2.45) is 5.92 Å². The van der Waals surface area contributed by atoms with Crippen LogP contribution in [0.4, 0.5) is 0 Å². The van der Waals surface area contributed by atoms with Crippen LogP contribution >= 0.6 is 0 Å². The lowest BCUT2D eigenvalue weighted by Crippen LogP contribution is -2.22. The molecule has 68 valence electrons. The molecule has 0 aromatic carbocycles. The SMILES string of the molecule is CCOC(CC)C1C=CC=CC1. The molecule has 1 nitrogen and oxygen atoms in total. The third-order valence-electron chi connectivity index (χ3n) is 2.27. The quantitative estimate of drug-likeness (QED) is 0.624. The van der Waals surface area contributed by atoms with Gasteiger partial charge < -0.3 is 4.74 Å². The Kier molecular flexibility index (Phi) is 4.09. The fourth-order valence-electron chi connectivity index (χ4n) is 1.63. The van der Waals surface area contributed by atoms with Gasteiger partial charge in [0.15, 0.2) is 0 Å². The molecule has 0 saturated heterocycles. The molecule has 1 rings (SSSR count). The fourth-order valence-corrected chi connectivity index (χ4v) is 1.63. The zero-order valence-electron chi connectivity index (χ0n) is 7.99. The fraction of sp³-hybridized carbons (Fsp3) is 0.636. The van der Waals surface area contributed by atoms with Gasteiger partial charge in [0.25, 0.3) is 0 Å². The molecule has 0 aromatic heterocycles. The van der Waals surface area contributed by atoms with Crippen molar-refractivity contribution in [3.63, 3.8) is 0 Å². The molecule has 0 fully saturated rings. The average Bonchev–Trinajstić information content (AvgIpc) is 2.15. The number of hydrogen-bond acceptors (Lipinski definition) is 1. The summed E-state index contributed by atoms with van der Waals surface area (Å²) in [5.41, 5.74) is 0. The minimum atomic E-state index is 0.413. The van der Waals surface area contributed by atoms with Gasteiger partial charge in [-0.15, -0.1) is 0 Å². The third kappa shape index (κ3) is 2.49. The maximum atomic E-state index is 5.65. The first-order valence-corrected chi connectivity index (χ1v) is 4.83. The molecule has 0 N–H and O–H groups in total. The molecule has 0 heterocycles. The van der Waals surface area contributed by atoms with Crippen molar-refractivity contribution in [3.8, 4) is 0 Å². The van der Waals surface area contributed by atoms with Crippen LogP contribution in [0.1, 0.15) is 26.7 Å². The molecule has 1 aliphatic rings. The summed E-state index contributed by atoms with van der Waals surface area (Å²) in [5, 5.41) is 0. The molecule has 2 unspecified atom stereocenters. The van der Waals surface area contributed by atoms with Gasteiger partial charge in [0.05, 0.1) is 6.10 Å². The number of rotatable bonds is 4. The van der Waals surface area contributed by atoms with Crippen molar-refractivity contribution < 1.29 is 4.74 Å². The summed E-state index contributed by atoms with van der Waals surface area (Å²) in [7, 11) is 0. The predicted octanol–water partition coefficient (Wildman–Crippen LogP) is 2.93. The Morgan fingerprint density at radius 1 is 1.42 bits per heavy atom. The lowest BCUT2D eigenvalue weighted by Gasteiger charge is -2.23. The smallest absolute Gasteiger partial charge is 0.0638 e. The van der Waals surface area contributed by atoms with E-state index in [1.165, 1.54) is 0 Å². The van der Waals surface area contributed by atoms with E-state index in [1.807, 2.05) is 0 Å². The Labute approximate surface area is 75.1 Å². The lowest BCUT2D eigenvalue weighted by atomic mass is 9.93. The number of allylic oxidation sites excluding steroid dienone is 3. The van der Waals surface area contributed by atoms with E-state index in [0.29, 0.717) is 12.0 Å². The van der Waals surface area contributed by atoms with Gasteiger partial charge in [0.2, 0.25) is 0 Å². The molecule has 0 bridgehead atoms. The molecule has 12 heavy (non-hydrogen) atoms. The summed E-state index contributed by atoms with van der Waals surface area (Å²) in [6.45, 7) is 5.07. The number of hydrogen-bond donors (Lipinski definition) is 0. The predicted molar refractivity (Wildman–Crippen MR) is 52.1 cm³/mol. The van der Waals surface area contributed by atoms with Crippen LogP contribution in [0, 0.1) is 5.92 Å². The zero-order chi connectivity index (χ0) is 8.81. The third-order valence-corrected chi connectivity index (χ3v) is 2.27. The van der Waals surface area contributed by atoms with Gasteiger partial charge in [-0.05, 0) is 19.8 Å². The Morgan fingerprint density at radius 2 is 2.25 bits per heavy atom. The first-order valence-electron chi connectivity index (χ1n) is 4.83. The second-order valence-corrected chi connectivity index (χ2v) is 3.11. The zero-order valence-corrected chi connectivity index (χ0v) is 7.99. The van der Waals surface area contributed by atoms with E-state index < -0.39 is 0 Å². The van der Waals surface area contributed by atoms with Crippen molar-refractivity contribution in [2.45, 2.75) is 32.8 Å². The molecule has 0 aliphatic heterocycles. The molecule has 1 aliphatic carbocycles. The van der Waals surface area contributed by atoms with Crippen LogP contribution in [0.25, 0.3) is 0 Å². The first-order chi connectivity index (χ1) is 5.88. The van der Waals surface area contributed by atoms with E-state index in [9.17, 15) is 0 Å². The monoisotopic (exact) mass is 166 g/mol. The van der Waals surface area contributed by atoms with E-state index in [0.717, 1.165) is 19.4 Å². The minimum absolute atomic E-state index is 0.413. The normalized spacial score (nSPS) is 24.3. The second-order valence-electron chi connectivity index (χ2n) is 3.11. The van der Waals surface area contributed by atoms with Crippen molar-refractivity contribution in [3.05, 3.63) is 24.3 Å². The van der Waals surface area contributed by atoms with Gasteiger partial charge in [0.1, 0.15) is 0 Å². The topological polar surface area (TPSA) is 9.23 Å². The summed E-state index contributed by atoms with van der Waals surface area (Å²) in [6, 6.07) is 0. The van der Waals surface area contributed by atoms with E-state index >= 15 is 0 Å². The molecular formula is C11H18O. The van der Waals surface area contributed by atoms with Crippen molar-refractivity contribution >= 4 is 0 Å². The van der Waals surface area contributed by atoms with Crippen LogP contribution < -0.4 is 0 Å². The number of ether oxygens (including phenoxy) is 1. The maximum Gasteiger partial charge on any atom is 0.0638 e. The largest absolute Gasteiger partial charge is 0.378 e. The van der Waals surface area contributed by atoms with Gasteiger partial charge >= 0.3 is 0 Å². The summed E-state index contributed by atoms with van der Waals surface area (Å²) >= 11 is 0. The lowest BCUT2D eigenvalue weighted by molar-refractivity contribution is 0.0317. The van der Waals surface area contributed by atoms with Gasteiger partial charge in [-0.2, -0.15) is 0 Å². The Morgan fingerprint density at radius 3 is 2.75 bits per heavy atom. The average molecular weight is 166 g/mol. The first kappa shape index (κ1) is 9.53. The summed E-state index contributed by atoms with van der Waals surface area (Å²) in [4.78, 5) is 0.